The third-order valence-corrected chi connectivity index (χ3v) is 4.04. The van der Waals surface area contributed by atoms with Gasteiger partial charge in [0.15, 0.2) is 10.9 Å². The van der Waals surface area contributed by atoms with E-state index in [0.717, 1.165) is 17.5 Å². The quantitative estimate of drug-likeness (QED) is 0.605. The fraction of sp³-hybridized carbons (Fsp3) is 0.400. The summed E-state index contributed by atoms with van der Waals surface area (Å²) in [6.45, 7) is 6.93. The minimum atomic E-state index is -0.341. The van der Waals surface area contributed by atoms with Gasteiger partial charge in [-0.15, -0.1) is 10.2 Å². The van der Waals surface area contributed by atoms with Gasteiger partial charge in [-0.1, -0.05) is 25.6 Å². The van der Waals surface area contributed by atoms with Crippen LogP contribution in [-0.4, -0.2) is 26.3 Å². The number of thioether (sulfide) groups is 1. The molecule has 0 atom stereocenters. The molecule has 0 unspecified atom stereocenters. The summed E-state index contributed by atoms with van der Waals surface area (Å²) in [5.41, 5.74) is 0.510. The minimum absolute atomic E-state index is 0.0447. The van der Waals surface area contributed by atoms with Gasteiger partial charge < -0.3 is 4.57 Å². The number of nitrogens with zero attached hydrogens (tertiary/aromatic N) is 3. The van der Waals surface area contributed by atoms with E-state index in [1.54, 1.807) is 0 Å². The maximum absolute atomic E-state index is 12.8. The molecule has 0 aliphatic rings. The Bertz CT molecular complexity index is 622. The molecule has 0 spiro atoms. The number of hydrogen-bond acceptors (Lipinski definition) is 4. The van der Waals surface area contributed by atoms with Crippen molar-refractivity contribution in [3.63, 3.8) is 0 Å². The summed E-state index contributed by atoms with van der Waals surface area (Å²) in [7, 11) is 0. The third-order valence-electron chi connectivity index (χ3n) is 3.08. The molecule has 0 saturated heterocycles. The lowest BCUT2D eigenvalue weighted by Crippen LogP contribution is -2.07. The second-order valence-electron chi connectivity index (χ2n) is 4.96. The van der Waals surface area contributed by atoms with Gasteiger partial charge in [-0.2, -0.15) is 0 Å². The van der Waals surface area contributed by atoms with Crippen LogP contribution in [0.15, 0.2) is 29.4 Å². The maximum Gasteiger partial charge on any atom is 0.191 e. The second-order valence-corrected chi connectivity index (χ2v) is 5.90. The molecule has 21 heavy (non-hydrogen) atoms. The number of carbonyl (C=O) groups excluding carboxylic acids is 1. The first-order valence-electron chi connectivity index (χ1n) is 6.87. The fourth-order valence-electron chi connectivity index (χ4n) is 1.98. The molecule has 2 rings (SSSR count). The molecular formula is C15H18FN3OS. The summed E-state index contributed by atoms with van der Waals surface area (Å²) in [5.74, 6) is 1.10. The normalized spacial score (nSPS) is 11.1. The van der Waals surface area contributed by atoms with Crippen LogP contribution >= 0.6 is 11.8 Å². The highest BCUT2D eigenvalue weighted by Gasteiger charge is 2.15. The predicted molar refractivity (Wildman–Crippen MR) is 81.2 cm³/mol. The van der Waals surface area contributed by atoms with Crippen molar-refractivity contribution in [1.29, 1.82) is 0 Å². The Morgan fingerprint density at radius 2 is 1.95 bits per heavy atom. The van der Waals surface area contributed by atoms with Crippen LogP contribution in [-0.2, 0) is 6.54 Å². The van der Waals surface area contributed by atoms with Crippen molar-refractivity contribution in [2.24, 2.45) is 0 Å². The molecule has 6 heteroatoms. The number of aromatic nitrogens is 3. The van der Waals surface area contributed by atoms with E-state index in [1.807, 2.05) is 11.5 Å². The van der Waals surface area contributed by atoms with Gasteiger partial charge in [-0.3, -0.25) is 4.79 Å². The molecule has 0 bridgehead atoms. The molecule has 0 aliphatic heterocycles. The standard InChI is InChI=1S/C15H18FN3OS/c1-4-19-14(10(2)3)17-18-15(19)21-9-13(20)11-5-7-12(16)8-6-11/h5-8,10H,4,9H2,1-3H3. The average Bonchev–Trinajstić information content (AvgIpc) is 2.88. The molecule has 4 nitrogen and oxygen atoms in total. The van der Waals surface area contributed by atoms with Crippen LogP contribution in [0.25, 0.3) is 0 Å². The van der Waals surface area contributed by atoms with Crippen molar-refractivity contribution < 1.29 is 9.18 Å². The molecule has 0 N–H and O–H groups in total. The van der Waals surface area contributed by atoms with Crippen molar-refractivity contribution >= 4 is 17.5 Å². The lowest BCUT2D eigenvalue weighted by Gasteiger charge is -2.08. The van der Waals surface area contributed by atoms with Gasteiger partial charge in [-0.25, -0.2) is 4.39 Å². The fourth-order valence-corrected chi connectivity index (χ4v) is 2.88. The van der Waals surface area contributed by atoms with Crippen LogP contribution in [0.1, 0.15) is 42.9 Å². The molecule has 2 aromatic rings. The van der Waals surface area contributed by atoms with Gasteiger partial charge in [0.1, 0.15) is 11.6 Å². The number of rotatable bonds is 6. The molecule has 0 saturated carbocycles. The molecule has 1 aromatic heterocycles. The largest absolute Gasteiger partial charge is 0.306 e. The lowest BCUT2D eigenvalue weighted by atomic mass is 10.1. The highest BCUT2D eigenvalue weighted by Crippen LogP contribution is 2.22. The highest BCUT2D eigenvalue weighted by molar-refractivity contribution is 7.99. The predicted octanol–water partition coefficient (Wildman–Crippen LogP) is 3.54. The van der Waals surface area contributed by atoms with Crippen molar-refractivity contribution in [1.82, 2.24) is 14.8 Å². The Kier molecular flexibility index (Phi) is 5.12. The first-order chi connectivity index (χ1) is 10.0. The zero-order valence-corrected chi connectivity index (χ0v) is 13.2. The zero-order valence-electron chi connectivity index (χ0n) is 12.3. The van der Waals surface area contributed by atoms with Gasteiger partial charge in [-0.05, 0) is 31.2 Å². The van der Waals surface area contributed by atoms with Crippen LogP contribution in [0.4, 0.5) is 4.39 Å². The SMILES string of the molecule is CCn1c(SCC(=O)c2ccc(F)cc2)nnc1C(C)C. The van der Waals surface area contributed by atoms with Gasteiger partial charge in [0.05, 0.1) is 5.75 Å². The van der Waals surface area contributed by atoms with E-state index in [0.29, 0.717) is 11.5 Å². The molecule has 0 radical (unpaired) electrons. The van der Waals surface area contributed by atoms with Crippen LogP contribution in [0, 0.1) is 5.82 Å². The number of halogens is 1. The van der Waals surface area contributed by atoms with E-state index in [1.165, 1.54) is 36.0 Å². The number of benzene rings is 1. The Morgan fingerprint density at radius 3 is 2.52 bits per heavy atom. The number of carbonyl (C=O) groups is 1. The van der Waals surface area contributed by atoms with Crippen LogP contribution in [0.5, 0.6) is 0 Å². The molecule has 1 aromatic carbocycles. The Morgan fingerprint density at radius 1 is 1.29 bits per heavy atom. The Balaban J connectivity index is 2.06. The molecule has 112 valence electrons. The zero-order chi connectivity index (χ0) is 15.4. The first-order valence-corrected chi connectivity index (χ1v) is 7.86. The first kappa shape index (κ1) is 15.7. The summed E-state index contributed by atoms with van der Waals surface area (Å²) in [6, 6.07) is 5.59. The Labute approximate surface area is 127 Å². The summed E-state index contributed by atoms with van der Waals surface area (Å²) < 4.78 is 14.9. The topological polar surface area (TPSA) is 47.8 Å². The van der Waals surface area contributed by atoms with E-state index in [2.05, 4.69) is 24.0 Å². The summed E-state index contributed by atoms with van der Waals surface area (Å²) in [5, 5.41) is 9.08. The number of hydrogen-bond donors (Lipinski definition) is 0. The highest BCUT2D eigenvalue weighted by atomic mass is 32.2. The van der Waals surface area contributed by atoms with E-state index in [9.17, 15) is 9.18 Å². The van der Waals surface area contributed by atoms with E-state index < -0.39 is 0 Å². The van der Waals surface area contributed by atoms with Gasteiger partial charge >= 0.3 is 0 Å². The summed E-state index contributed by atoms with van der Waals surface area (Å²) in [4.78, 5) is 12.1. The van der Waals surface area contributed by atoms with Gasteiger partial charge in [0.25, 0.3) is 0 Å². The minimum Gasteiger partial charge on any atom is -0.306 e. The van der Waals surface area contributed by atoms with Crippen LogP contribution < -0.4 is 0 Å². The molecule has 1 heterocycles. The van der Waals surface area contributed by atoms with Gasteiger partial charge in [0, 0.05) is 18.0 Å². The van der Waals surface area contributed by atoms with Crippen LogP contribution in [0.3, 0.4) is 0 Å². The van der Waals surface area contributed by atoms with Crippen LogP contribution in [0.2, 0.25) is 0 Å². The molecular weight excluding hydrogens is 289 g/mol. The maximum atomic E-state index is 12.8. The second kappa shape index (κ2) is 6.85. The number of ketones is 1. The number of Topliss-reactive ketones (excluding diaryl/α,β-unsaturated/α-hetero) is 1. The average molecular weight is 307 g/mol. The van der Waals surface area contributed by atoms with Gasteiger partial charge in [0.2, 0.25) is 0 Å². The molecule has 0 fully saturated rings. The smallest absolute Gasteiger partial charge is 0.191 e. The van der Waals surface area contributed by atoms with E-state index >= 15 is 0 Å². The third kappa shape index (κ3) is 3.69. The van der Waals surface area contributed by atoms with E-state index in [-0.39, 0.29) is 17.4 Å². The monoisotopic (exact) mass is 307 g/mol. The van der Waals surface area contributed by atoms with E-state index in [4.69, 9.17) is 0 Å². The van der Waals surface area contributed by atoms with Crippen molar-refractivity contribution in [2.75, 3.05) is 5.75 Å². The molecule has 0 amide bonds. The van der Waals surface area contributed by atoms with Crippen molar-refractivity contribution in [3.8, 4) is 0 Å². The summed E-state index contributed by atoms with van der Waals surface area (Å²) in [6.07, 6.45) is 0. The van der Waals surface area contributed by atoms with Crippen molar-refractivity contribution in [3.05, 3.63) is 41.5 Å². The van der Waals surface area contributed by atoms with Crippen molar-refractivity contribution in [2.45, 2.75) is 38.4 Å². The molecule has 0 aliphatic carbocycles. The lowest BCUT2D eigenvalue weighted by molar-refractivity contribution is 0.102. The summed E-state index contributed by atoms with van der Waals surface area (Å²) >= 11 is 1.36. The Hall–Kier alpha value is -1.69.